The number of aryl methyl sites for hydroxylation is 2. The van der Waals surface area contributed by atoms with Crippen molar-refractivity contribution in [2.75, 3.05) is 13.1 Å². The first-order chi connectivity index (χ1) is 8.97. The summed E-state index contributed by atoms with van der Waals surface area (Å²) >= 11 is 0. The number of likely N-dealkylation sites (tertiary alicyclic amines) is 1. The second-order valence-corrected chi connectivity index (χ2v) is 5.07. The van der Waals surface area contributed by atoms with Crippen molar-refractivity contribution < 1.29 is 9.59 Å². The Balaban J connectivity index is 1.71. The van der Waals surface area contributed by atoms with E-state index in [9.17, 15) is 9.59 Å². The van der Waals surface area contributed by atoms with Gasteiger partial charge in [0.15, 0.2) is 0 Å². The molecule has 6 nitrogen and oxygen atoms in total. The third kappa shape index (κ3) is 3.13. The van der Waals surface area contributed by atoms with Crippen LogP contribution in [0.5, 0.6) is 0 Å². The van der Waals surface area contributed by atoms with Crippen LogP contribution in [0.2, 0.25) is 0 Å². The SMILES string of the molecule is CC(=O)N1CC(NC(=O)CCc2cnn(C)c2C)C1. The standard InChI is InChI=1S/C13H20N4O2/c1-9-11(6-14-16(9)3)4-5-13(19)15-12-7-17(8-12)10(2)18/h6,12H,4-5,7-8H2,1-3H3,(H,15,19). The second kappa shape index (κ2) is 5.42. The first-order valence-electron chi connectivity index (χ1n) is 6.49. The van der Waals surface area contributed by atoms with Gasteiger partial charge in [0.25, 0.3) is 0 Å². The van der Waals surface area contributed by atoms with E-state index in [2.05, 4.69) is 10.4 Å². The van der Waals surface area contributed by atoms with Crippen molar-refractivity contribution in [1.82, 2.24) is 20.0 Å². The monoisotopic (exact) mass is 264 g/mol. The summed E-state index contributed by atoms with van der Waals surface area (Å²) in [4.78, 5) is 24.5. The highest BCUT2D eigenvalue weighted by molar-refractivity contribution is 5.78. The van der Waals surface area contributed by atoms with Gasteiger partial charge >= 0.3 is 0 Å². The summed E-state index contributed by atoms with van der Waals surface area (Å²) in [5, 5.41) is 7.09. The summed E-state index contributed by atoms with van der Waals surface area (Å²) in [6.45, 7) is 4.81. The average molecular weight is 264 g/mol. The van der Waals surface area contributed by atoms with Crippen molar-refractivity contribution in [3.63, 3.8) is 0 Å². The number of carbonyl (C=O) groups is 2. The van der Waals surface area contributed by atoms with Gasteiger partial charge in [-0.15, -0.1) is 0 Å². The van der Waals surface area contributed by atoms with Crippen molar-refractivity contribution in [3.8, 4) is 0 Å². The van der Waals surface area contributed by atoms with E-state index in [1.807, 2.05) is 24.9 Å². The molecule has 0 aliphatic carbocycles. The van der Waals surface area contributed by atoms with Crippen LogP contribution in [-0.4, -0.2) is 45.6 Å². The molecule has 0 radical (unpaired) electrons. The van der Waals surface area contributed by atoms with Crippen LogP contribution >= 0.6 is 0 Å². The molecule has 6 heteroatoms. The molecule has 1 aromatic rings. The molecule has 1 saturated heterocycles. The molecule has 0 aromatic carbocycles. The summed E-state index contributed by atoms with van der Waals surface area (Å²) in [5.74, 6) is 0.105. The minimum absolute atomic E-state index is 0.0384. The van der Waals surface area contributed by atoms with Crippen LogP contribution in [0.25, 0.3) is 0 Å². The van der Waals surface area contributed by atoms with Gasteiger partial charge in [-0.05, 0) is 18.9 Å². The van der Waals surface area contributed by atoms with Crippen LogP contribution in [0.1, 0.15) is 24.6 Å². The number of nitrogens with zero attached hydrogens (tertiary/aromatic N) is 3. The van der Waals surface area contributed by atoms with Crippen LogP contribution in [0.4, 0.5) is 0 Å². The molecule has 104 valence electrons. The second-order valence-electron chi connectivity index (χ2n) is 5.07. The fourth-order valence-electron chi connectivity index (χ4n) is 2.16. The van der Waals surface area contributed by atoms with E-state index in [-0.39, 0.29) is 17.9 Å². The predicted octanol–water partition coefficient (Wildman–Crippen LogP) is 0.00802. The number of nitrogens with one attached hydrogen (secondary N) is 1. The smallest absolute Gasteiger partial charge is 0.220 e. The van der Waals surface area contributed by atoms with Crippen molar-refractivity contribution in [3.05, 3.63) is 17.5 Å². The van der Waals surface area contributed by atoms with Crippen LogP contribution < -0.4 is 5.32 Å². The van der Waals surface area contributed by atoms with Gasteiger partial charge in [0.05, 0.1) is 12.2 Å². The Bertz CT molecular complexity index is 489. The van der Waals surface area contributed by atoms with E-state index >= 15 is 0 Å². The molecule has 0 spiro atoms. The van der Waals surface area contributed by atoms with Gasteiger partial charge in [-0.2, -0.15) is 5.10 Å². The largest absolute Gasteiger partial charge is 0.350 e. The zero-order valence-corrected chi connectivity index (χ0v) is 11.6. The lowest BCUT2D eigenvalue weighted by molar-refractivity contribution is -0.135. The van der Waals surface area contributed by atoms with E-state index in [0.717, 1.165) is 11.3 Å². The van der Waals surface area contributed by atoms with Crippen molar-refractivity contribution in [2.45, 2.75) is 32.7 Å². The van der Waals surface area contributed by atoms with Gasteiger partial charge in [0, 0.05) is 39.2 Å². The zero-order valence-electron chi connectivity index (χ0n) is 11.6. The number of aromatic nitrogens is 2. The highest BCUT2D eigenvalue weighted by Crippen LogP contribution is 2.10. The molecule has 0 unspecified atom stereocenters. The molecule has 1 N–H and O–H groups in total. The summed E-state index contributed by atoms with van der Waals surface area (Å²) in [5.41, 5.74) is 2.20. The third-order valence-electron chi connectivity index (χ3n) is 3.65. The lowest BCUT2D eigenvalue weighted by atomic mass is 10.1. The van der Waals surface area contributed by atoms with Crippen molar-refractivity contribution in [1.29, 1.82) is 0 Å². The van der Waals surface area contributed by atoms with Crippen LogP contribution in [0.15, 0.2) is 6.20 Å². The first kappa shape index (κ1) is 13.6. The van der Waals surface area contributed by atoms with Crippen LogP contribution in [0.3, 0.4) is 0 Å². The van der Waals surface area contributed by atoms with Gasteiger partial charge in [-0.3, -0.25) is 14.3 Å². The Hall–Kier alpha value is -1.85. The Labute approximate surface area is 112 Å². The number of carbonyl (C=O) groups excluding carboxylic acids is 2. The lowest BCUT2D eigenvalue weighted by Crippen LogP contribution is -2.60. The number of hydrogen-bond acceptors (Lipinski definition) is 3. The van der Waals surface area contributed by atoms with E-state index < -0.39 is 0 Å². The molecular weight excluding hydrogens is 244 g/mol. The molecule has 1 fully saturated rings. The molecule has 2 amide bonds. The molecule has 2 rings (SSSR count). The molecule has 1 aliphatic heterocycles. The maximum atomic E-state index is 11.8. The fraction of sp³-hybridized carbons (Fsp3) is 0.615. The number of hydrogen-bond donors (Lipinski definition) is 1. The Kier molecular flexibility index (Phi) is 3.87. The molecule has 19 heavy (non-hydrogen) atoms. The van der Waals surface area contributed by atoms with E-state index in [1.165, 1.54) is 0 Å². The normalized spacial score (nSPS) is 15.2. The quantitative estimate of drug-likeness (QED) is 0.833. The molecule has 0 saturated carbocycles. The minimum Gasteiger partial charge on any atom is -0.350 e. The minimum atomic E-state index is 0.0384. The maximum absolute atomic E-state index is 11.8. The lowest BCUT2D eigenvalue weighted by Gasteiger charge is -2.38. The average Bonchev–Trinajstić information content (AvgIpc) is 2.61. The highest BCUT2D eigenvalue weighted by atomic mass is 16.2. The summed E-state index contributed by atoms with van der Waals surface area (Å²) < 4.78 is 1.81. The summed E-state index contributed by atoms with van der Waals surface area (Å²) in [6.07, 6.45) is 2.97. The van der Waals surface area contributed by atoms with Crippen LogP contribution in [0, 0.1) is 6.92 Å². The highest BCUT2D eigenvalue weighted by Gasteiger charge is 2.29. The third-order valence-corrected chi connectivity index (χ3v) is 3.65. The van der Waals surface area contributed by atoms with Crippen LogP contribution in [-0.2, 0) is 23.1 Å². The molecular formula is C13H20N4O2. The maximum Gasteiger partial charge on any atom is 0.220 e. The predicted molar refractivity (Wildman–Crippen MR) is 70.5 cm³/mol. The molecule has 0 atom stereocenters. The topological polar surface area (TPSA) is 67.2 Å². The van der Waals surface area contributed by atoms with Gasteiger partial charge in [0.1, 0.15) is 0 Å². The number of amides is 2. The van der Waals surface area contributed by atoms with Gasteiger partial charge in [-0.1, -0.05) is 0 Å². The Morgan fingerprint density at radius 1 is 1.47 bits per heavy atom. The van der Waals surface area contributed by atoms with E-state index in [4.69, 9.17) is 0 Å². The van der Waals surface area contributed by atoms with Gasteiger partial charge in [-0.25, -0.2) is 0 Å². The summed E-state index contributed by atoms with van der Waals surface area (Å²) in [7, 11) is 1.89. The molecule has 2 heterocycles. The van der Waals surface area contributed by atoms with Gasteiger partial charge in [0.2, 0.25) is 11.8 Å². The van der Waals surface area contributed by atoms with Crippen molar-refractivity contribution >= 4 is 11.8 Å². The Morgan fingerprint density at radius 2 is 2.16 bits per heavy atom. The summed E-state index contributed by atoms with van der Waals surface area (Å²) in [6, 6.07) is 0.117. The Morgan fingerprint density at radius 3 is 2.68 bits per heavy atom. The molecule has 0 bridgehead atoms. The number of rotatable bonds is 4. The molecule has 1 aliphatic rings. The molecule has 1 aromatic heterocycles. The van der Waals surface area contributed by atoms with Crippen molar-refractivity contribution in [2.24, 2.45) is 7.05 Å². The fourth-order valence-corrected chi connectivity index (χ4v) is 2.16. The van der Waals surface area contributed by atoms with Gasteiger partial charge < -0.3 is 10.2 Å². The first-order valence-corrected chi connectivity index (χ1v) is 6.49. The zero-order chi connectivity index (χ0) is 14.0. The van der Waals surface area contributed by atoms with E-state index in [0.29, 0.717) is 25.9 Å². The van der Waals surface area contributed by atoms with E-state index in [1.54, 1.807) is 11.8 Å².